The summed E-state index contributed by atoms with van der Waals surface area (Å²) in [5, 5.41) is 10.8. The Kier molecular flexibility index (Phi) is 5.54. The summed E-state index contributed by atoms with van der Waals surface area (Å²) in [4.78, 5) is 26.9. The van der Waals surface area contributed by atoms with Crippen LogP contribution in [0.15, 0.2) is 12.2 Å². The van der Waals surface area contributed by atoms with E-state index in [9.17, 15) is 9.59 Å². The molecule has 0 aromatic carbocycles. The molecule has 0 aliphatic heterocycles. The highest BCUT2D eigenvalue weighted by Crippen LogP contribution is 2.26. The van der Waals surface area contributed by atoms with Crippen molar-refractivity contribution in [2.24, 2.45) is 0 Å². The Labute approximate surface area is 123 Å². The van der Waals surface area contributed by atoms with E-state index in [0.29, 0.717) is 12.8 Å². The van der Waals surface area contributed by atoms with Gasteiger partial charge in [-0.05, 0) is 12.5 Å². The predicted molar refractivity (Wildman–Crippen MR) is 68.1 cm³/mol. The Morgan fingerprint density at radius 1 is 1.42 bits per heavy atom. The van der Waals surface area contributed by atoms with Crippen LogP contribution in [0.3, 0.4) is 0 Å². The van der Waals surface area contributed by atoms with Crippen molar-refractivity contribution in [2.75, 3.05) is 6.61 Å². The van der Waals surface area contributed by atoms with Gasteiger partial charge in [0.2, 0.25) is 3.79 Å². The second-order valence-corrected chi connectivity index (χ2v) is 6.17. The smallest absolute Gasteiger partial charge is 0.431 e. The molecule has 1 atom stereocenters. The van der Waals surface area contributed by atoms with Gasteiger partial charge in [0.05, 0.1) is 0 Å². The van der Waals surface area contributed by atoms with Crippen LogP contribution in [0.1, 0.15) is 12.8 Å². The van der Waals surface area contributed by atoms with Crippen molar-refractivity contribution in [3.05, 3.63) is 12.2 Å². The number of carboxylic acid groups (broad SMARTS) is 1. The second kappa shape index (κ2) is 6.51. The van der Waals surface area contributed by atoms with Crippen LogP contribution in [0.2, 0.25) is 0 Å². The topological polar surface area (TPSA) is 96.9 Å². The number of hydrogen-bond donors (Lipinski definition) is 3. The summed E-state index contributed by atoms with van der Waals surface area (Å²) in [6.07, 6.45) is 1.84. The Morgan fingerprint density at radius 3 is 2.58 bits per heavy atom. The molecule has 1 aliphatic carbocycles. The molecular formula is C9H11Cl3N2O5. The summed E-state index contributed by atoms with van der Waals surface area (Å²) >= 11 is 16.2. The van der Waals surface area contributed by atoms with Crippen molar-refractivity contribution in [3.8, 4) is 0 Å². The summed E-state index contributed by atoms with van der Waals surface area (Å²) in [5.74, 6) is 0. The zero-order valence-electron chi connectivity index (χ0n) is 9.49. The number of nitrogens with one attached hydrogen (secondary N) is 2. The zero-order valence-corrected chi connectivity index (χ0v) is 11.8. The number of ether oxygens (including phenoxy) is 1. The Balaban J connectivity index is 2.42. The van der Waals surface area contributed by atoms with Crippen molar-refractivity contribution in [1.29, 1.82) is 0 Å². The number of carbonyl (C=O) groups is 2. The number of rotatable bonds is 4. The molecule has 0 saturated heterocycles. The van der Waals surface area contributed by atoms with E-state index in [1.807, 2.05) is 5.48 Å². The molecule has 0 heterocycles. The molecule has 1 unspecified atom stereocenters. The van der Waals surface area contributed by atoms with Gasteiger partial charge >= 0.3 is 12.2 Å². The molecule has 10 heteroatoms. The summed E-state index contributed by atoms with van der Waals surface area (Å²) < 4.78 is 2.81. The zero-order chi connectivity index (χ0) is 14.5. The van der Waals surface area contributed by atoms with Crippen LogP contribution in [-0.2, 0) is 9.57 Å². The first-order chi connectivity index (χ1) is 8.72. The van der Waals surface area contributed by atoms with Gasteiger partial charge in [-0.2, -0.15) is 5.48 Å². The normalized spacial score (nSPS) is 22.1. The first kappa shape index (κ1) is 16.2. The Morgan fingerprint density at radius 2 is 2.11 bits per heavy atom. The van der Waals surface area contributed by atoms with Crippen LogP contribution < -0.4 is 10.8 Å². The van der Waals surface area contributed by atoms with Crippen molar-refractivity contribution >= 4 is 47.0 Å². The van der Waals surface area contributed by atoms with E-state index in [0.717, 1.165) is 0 Å². The van der Waals surface area contributed by atoms with Gasteiger partial charge in [0.25, 0.3) is 0 Å². The number of hydroxylamine groups is 1. The minimum atomic E-state index is -1.73. The molecule has 1 rings (SSSR count). The van der Waals surface area contributed by atoms with Crippen LogP contribution in [-0.4, -0.2) is 33.4 Å². The van der Waals surface area contributed by atoms with Gasteiger partial charge < -0.3 is 9.84 Å². The van der Waals surface area contributed by atoms with E-state index in [1.165, 1.54) is 6.08 Å². The second-order valence-electron chi connectivity index (χ2n) is 3.66. The summed E-state index contributed by atoms with van der Waals surface area (Å²) in [5.41, 5.74) is 0.615. The third-order valence-electron chi connectivity index (χ3n) is 2.07. The fourth-order valence-electron chi connectivity index (χ4n) is 1.36. The average Bonchev–Trinajstić information content (AvgIpc) is 2.71. The predicted octanol–water partition coefficient (Wildman–Crippen LogP) is 2.33. The lowest BCUT2D eigenvalue weighted by molar-refractivity contribution is -0.0838. The molecule has 0 saturated carbocycles. The molecule has 19 heavy (non-hydrogen) atoms. The summed E-state index contributed by atoms with van der Waals surface area (Å²) in [6, 6.07) is 0. The van der Waals surface area contributed by atoms with Crippen molar-refractivity contribution < 1.29 is 24.3 Å². The van der Waals surface area contributed by atoms with Crippen LogP contribution >= 0.6 is 34.8 Å². The van der Waals surface area contributed by atoms with Crippen LogP contribution in [0.25, 0.3) is 0 Å². The lowest BCUT2D eigenvalue weighted by atomic mass is 10.2. The first-order valence-electron chi connectivity index (χ1n) is 5.09. The molecule has 3 N–H and O–H groups in total. The van der Waals surface area contributed by atoms with Gasteiger partial charge in [-0.25, -0.2) is 14.4 Å². The van der Waals surface area contributed by atoms with Crippen LogP contribution in [0.5, 0.6) is 0 Å². The minimum Gasteiger partial charge on any atom is -0.465 e. The van der Waals surface area contributed by atoms with E-state index in [1.54, 1.807) is 6.08 Å². The largest absolute Gasteiger partial charge is 0.465 e. The number of hydrogen-bond acceptors (Lipinski definition) is 4. The number of halogens is 3. The molecule has 0 radical (unpaired) electrons. The molecule has 0 spiro atoms. The quantitative estimate of drug-likeness (QED) is 0.317. The van der Waals surface area contributed by atoms with Gasteiger partial charge in [-0.3, -0.25) is 5.32 Å². The summed E-state index contributed by atoms with van der Waals surface area (Å²) in [7, 11) is 0. The molecule has 1 aliphatic rings. The molecule has 2 amide bonds. The number of allylic oxidation sites excluding steroid dienone is 1. The Hall–Kier alpha value is -0.890. The van der Waals surface area contributed by atoms with E-state index >= 15 is 0 Å². The van der Waals surface area contributed by atoms with Crippen LogP contribution in [0, 0.1) is 0 Å². The van der Waals surface area contributed by atoms with E-state index in [-0.39, 0.29) is 0 Å². The van der Waals surface area contributed by atoms with Gasteiger partial charge in [-0.1, -0.05) is 40.9 Å². The first-order valence-corrected chi connectivity index (χ1v) is 6.22. The molecule has 0 aromatic heterocycles. The van der Waals surface area contributed by atoms with Gasteiger partial charge in [0.1, 0.15) is 6.61 Å². The SMILES string of the molecule is O=C(O)NC1(ONC(=O)OCC(Cl)(Cl)Cl)C=CCC1. The molecular weight excluding hydrogens is 322 g/mol. The lowest BCUT2D eigenvalue weighted by Gasteiger charge is -2.26. The van der Waals surface area contributed by atoms with Gasteiger partial charge in [0.15, 0.2) is 5.72 Å². The van der Waals surface area contributed by atoms with Crippen molar-refractivity contribution in [2.45, 2.75) is 22.4 Å². The monoisotopic (exact) mass is 332 g/mol. The van der Waals surface area contributed by atoms with Gasteiger partial charge in [0, 0.05) is 6.42 Å². The fraction of sp³-hybridized carbons (Fsp3) is 0.556. The maximum atomic E-state index is 11.2. The third kappa shape index (κ3) is 6.20. The standard InChI is InChI=1S/C9H11Cl3N2O5/c10-9(11,12)5-18-7(17)14-19-8(13-6(15)16)3-1-2-4-8/h1,3,13H,2,4-5H2,(H,14,17)(H,15,16). The number of carbonyl (C=O) groups excluding carboxylic acids is 1. The molecule has 0 bridgehead atoms. The minimum absolute atomic E-state index is 0.337. The fourth-order valence-corrected chi connectivity index (χ4v) is 1.52. The third-order valence-corrected chi connectivity index (χ3v) is 2.40. The number of alkyl halides is 3. The summed E-state index contributed by atoms with van der Waals surface area (Å²) in [6.45, 7) is -0.470. The molecule has 0 aromatic rings. The van der Waals surface area contributed by atoms with Crippen LogP contribution in [0.4, 0.5) is 9.59 Å². The maximum absolute atomic E-state index is 11.2. The average molecular weight is 334 g/mol. The number of amides is 2. The molecule has 7 nitrogen and oxygen atoms in total. The molecule has 0 fully saturated rings. The van der Waals surface area contributed by atoms with E-state index < -0.39 is 28.3 Å². The van der Waals surface area contributed by atoms with E-state index in [4.69, 9.17) is 44.7 Å². The van der Waals surface area contributed by atoms with E-state index in [2.05, 4.69) is 10.1 Å². The highest BCUT2D eigenvalue weighted by Gasteiger charge is 2.34. The highest BCUT2D eigenvalue weighted by molar-refractivity contribution is 6.67. The van der Waals surface area contributed by atoms with Crippen molar-refractivity contribution in [1.82, 2.24) is 10.8 Å². The van der Waals surface area contributed by atoms with Gasteiger partial charge in [-0.15, -0.1) is 0 Å². The maximum Gasteiger partial charge on any atom is 0.431 e. The highest BCUT2D eigenvalue weighted by atomic mass is 35.6. The molecule has 108 valence electrons. The Bertz CT molecular complexity index is 385. The van der Waals surface area contributed by atoms with Crippen molar-refractivity contribution in [3.63, 3.8) is 0 Å². The lowest BCUT2D eigenvalue weighted by Crippen LogP contribution is -2.51.